The minimum absolute atomic E-state index is 0.0747. The van der Waals surface area contributed by atoms with Crippen LogP contribution in [0.2, 0.25) is 5.02 Å². The lowest BCUT2D eigenvalue weighted by molar-refractivity contribution is -0.140. The molecule has 0 saturated heterocycles. The molecule has 0 aliphatic rings. The highest BCUT2D eigenvalue weighted by Gasteiger charge is 2.26. The lowest BCUT2D eigenvalue weighted by Gasteiger charge is -2.28. The number of carbonyl (C=O) groups is 2. The number of aryl methyl sites for hydroxylation is 1. The molecule has 0 heterocycles. The molecule has 0 aliphatic heterocycles. The normalized spacial score (nSPS) is 12.5. The molecule has 1 N–H and O–H groups in total. The van der Waals surface area contributed by atoms with Crippen molar-refractivity contribution in [2.45, 2.75) is 44.9 Å². The SMILES string of the molecule is CCCC(c1ccc(C(=O)NCCC(=O)OC)cc1)C(COc1ccc2cc(C)ccc2c1)c1ccc(Cl)cc1. The van der Waals surface area contributed by atoms with Gasteiger partial charge in [0.1, 0.15) is 5.75 Å². The zero-order valence-electron chi connectivity index (χ0n) is 23.3. The van der Waals surface area contributed by atoms with Crippen LogP contribution in [0.3, 0.4) is 0 Å². The molecule has 0 fully saturated rings. The van der Waals surface area contributed by atoms with E-state index in [9.17, 15) is 9.59 Å². The van der Waals surface area contributed by atoms with Crippen LogP contribution in [-0.4, -0.2) is 32.1 Å². The van der Waals surface area contributed by atoms with E-state index in [2.05, 4.69) is 66.4 Å². The maximum Gasteiger partial charge on any atom is 0.307 e. The van der Waals surface area contributed by atoms with E-state index in [4.69, 9.17) is 16.3 Å². The van der Waals surface area contributed by atoms with Gasteiger partial charge < -0.3 is 14.8 Å². The van der Waals surface area contributed by atoms with Gasteiger partial charge in [-0.1, -0.05) is 79.0 Å². The maximum atomic E-state index is 12.6. The Morgan fingerprint density at radius 1 is 0.850 bits per heavy atom. The number of fused-ring (bicyclic) bond motifs is 1. The van der Waals surface area contributed by atoms with Crippen molar-refractivity contribution in [1.29, 1.82) is 0 Å². The van der Waals surface area contributed by atoms with E-state index in [0.717, 1.165) is 35.1 Å². The molecule has 4 aromatic rings. The number of esters is 1. The molecule has 0 saturated carbocycles. The first kappa shape index (κ1) is 29.2. The van der Waals surface area contributed by atoms with Gasteiger partial charge in [-0.25, -0.2) is 0 Å². The minimum atomic E-state index is -0.354. The van der Waals surface area contributed by atoms with Crippen molar-refractivity contribution < 1.29 is 19.1 Å². The summed E-state index contributed by atoms with van der Waals surface area (Å²) < 4.78 is 11.1. The third-order valence-corrected chi connectivity index (χ3v) is 7.48. The summed E-state index contributed by atoms with van der Waals surface area (Å²) in [5.74, 6) is 0.514. The molecule has 4 rings (SSSR count). The first-order valence-electron chi connectivity index (χ1n) is 13.7. The summed E-state index contributed by atoms with van der Waals surface area (Å²) >= 11 is 6.23. The summed E-state index contributed by atoms with van der Waals surface area (Å²) in [5.41, 5.74) is 4.08. The van der Waals surface area contributed by atoms with Gasteiger partial charge in [0.15, 0.2) is 0 Å². The van der Waals surface area contributed by atoms with Crippen LogP contribution in [0.4, 0.5) is 0 Å². The second kappa shape index (κ2) is 14.0. The molecule has 0 bridgehead atoms. The van der Waals surface area contributed by atoms with E-state index < -0.39 is 0 Å². The van der Waals surface area contributed by atoms with Gasteiger partial charge in [-0.2, -0.15) is 0 Å². The quantitative estimate of drug-likeness (QED) is 0.180. The van der Waals surface area contributed by atoms with Crippen LogP contribution in [0.5, 0.6) is 5.75 Å². The number of halogens is 1. The molecular formula is C34H36ClNO4. The zero-order chi connectivity index (χ0) is 28.5. The topological polar surface area (TPSA) is 64.6 Å². The number of rotatable bonds is 12. The van der Waals surface area contributed by atoms with Crippen LogP contribution in [0, 0.1) is 6.92 Å². The average Bonchev–Trinajstić information content (AvgIpc) is 2.97. The molecule has 2 atom stereocenters. The van der Waals surface area contributed by atoms with E-state index in [1.807, 2.05) is 42.5 Å². The molecule has 6 heteroatoms. The van der Waals surface area contributed by atoms with Gasteiger partial charge in [0.25, 0.3) is 5.91 Å². The van der Waals surface area contributed by atoms with Crippen LogP contribution >= 0.6 is 11.6 Å². The smallest absolute Gasteiger partial charge is 0.307 e. The largest absolute Gasteiger partial charge is 0.493 e. The molecule has 4 aromatic carbocycles. The minimum Gasteiger partial charge on any atom is -0.493 e. The number of methoxy groups -OCH3 is 1. The summed E-state index contributed by atoms with van der Waals surface area (Å²) in [5, 5.41) is 5.81. The summed E-state index contributed by atoms with van der Waals surface area (Å²) in [4.78, 5) is 23.9. The highest BCUT2D eigenvalue weighted by atomic mass is 35.5. The Kier molecular flexibility index (Phi) is 10.2. The Morgan fingerprint density at radius 2 is 1.50 bits per heavy atom. The zero-order valence-corrected chi connectivity index (χ0v) is 24.0. The predicted molar refractivity (Wildman–Crippen MR) is 161 cm³/mol. The molecule has 208 valence electrons. The lowest BCUT2D eigenvalue weighted by Crippen LogP contribution is -2.26. The second-order valence-corrected chi connectivity index (χ2v) is 10.5. The Morgan fingerprint density at radius 3 is 2.20 bits per heavy atom. The second-order valence-electron chi connectivity index (χ2n) is 10.1. The van der Waals surface area contributed by atoms with Crippen LogP contribution in [0.25, 0.3) is 10.8 Å². The highest BCUT2D eigenvalue weighted by molar-refractivity contribution is 6.30. The Balaban J connectivity index is 1.56. The molecule has 2 unspecified atom stereocenters. The van der Waals surface area contributed by atoms with Gasteiger partial charge in [-0.05, 0) is 77.6 Å². The molecule has 0 aliphatic carbocycles. The fraction of sp³-hybridized carbons (Fsp3) is 0.294. The predicted octanol–water partition coefficient (Wildman–Crippen LogP) is 7.84. The number of hydrogen-bond acceptors (Lipinski definition) is 4. The number of ether oxygens (including phenoxy) is 2. The number of hydrogen-bond donors (Lipinski definition) is 1. The van der Waals surface area contributed by atoms with Gasteiger partial charge in [0, 0.05) is 23.0 Å². The van der Waals surface area contributed by atoms with Gasteiger partial charge in [0.2, 0.25) is 0 Å². The van der Waals surface area contributed by atoms with E-state index in [1.165, 1.54) is 18.1 Å². The summed E-state index contributed by atoms with van der Waals surface area (Å²) in [7, 11) is 1.33. The standard InChI is InChI=1S/C34H36ClNO4/c1-4-5-31(24-8-10-26(11-9-24)34(38)36-19-18-33(37)39-3)32(25-12-15-29(35)16-13-25)22-40-30-17-14-27-20-23(2)6-7-28(27)21-30/h6-17,20-21,31-32H,4-5,18-19,22H2,1-3H3,(H,36,38). The fourth-order valence-electron chi connectivity index (χ4n) is 5.05. The van der Waals surface area contributed by atoms with Gasteiger partial charge in [-0.3, -0.25) is 9.59 Å². The number of amides is 1. The van der Waals surface area contributed by atoms with E-state index in [-0.39, 0.29) is 36.7 Å². The highest BCUT2D eigenvalue weighted by Crippen LogP contribution is 2.38. The third-order valence-electron chi connectivity index (χ3n) is 7.22. The Hall–Kier alpha value is -3.83. The van der Waals surface area contributed by atoms with Crippen LogP contribution < -0.4 is 10.1 Å². The molecule has 0 radical (unpaired) electrons. The van der Waals surface area contributed by atoms with Gasteiger partial charge in [0.05, 0.1) is 20.1 Å². The van der Waals surface area contributed by atoms with Gasteiger partial charge >= 0.3 is 5.97 Å². The molecular weight excluding hydrogens is 522 g/mol. The van der Waals surface area contributed by atoms with Crippen LogP contribution in [0.1, 0.15) is 65.1 Å². The third kappa shape index (κ3) is 7.64. The molecule has 1 amide bonds. The Labute approximate surface area is 241 Å². The van der Waals surface area contributed by atoms with Crippen LogP contribution in [-0.2, 0) is 9.53 Å². The summed E-state index contributed by atoms with van der Waals surface area (Å²) in [6.45, 7) is 5.01. The first-order valence-corrected chi connectivity index (χ1v) is 14.1. The van der Waals surface area contributed by atoms with E-state index >= 15 is 0 Å². The summed E-state index contributed by atoms with van der Waals surface area (Å²) in [6, 6.07) is 28.4. The molecule has 0 spiro atoms. The van der Waals surface area contributed by atoms with E-state index in [0.29, 0.717) is 17.2 Å². The first-order chi connectivity index (χ1) is 19.4. The average molecular weight is 558 g/mol. The van der Waals surface area contributed by atoms with Crippen molar-refractivity contribution in [3.8, 4) is 5.75 Å². The number of carbonyl (C=O) groups excluding carboxylic acids is 2. The fourth-order valence-corrected chi connectivity index (χ4v) is 5.17. The Bertz CT molecular complexity index is 1430. The van der Waals surface area contributed by atoms with Gasteiger partial charge in [-0.15, -0.1) is 0 Å². The van der Waals surface area contributed by atoms with Crippen molar-refractivity contribution in [3.63, 3.8) is 0 Å². The number of benzene rings is 4. The monoisotopic (exact) mass is 557 g/mol. The summed E-state index contributed by atoms with van der Waals surface area (Å²) in [6.07, 6.45) is 2.09. The van der Waals surface area contributed by atoms with Crippen molar-refractivity contribution >= 4 is 34.2 Å². The number of nitrogens with one attached hydrogen (secondary N) is 1. The molecule has 0 aromatic heterocycles. The van der Waals surface area contributed by atoms with Crippen molar-refractivity contribution in [1.82, 2.24) is 5.32 Å². The van der Waals surface area contributed by atoms with Crippen LogP contribution in [0.15, 0.2) is 84.9 Å². The van der Waals surface area contributed by atoms with E-state index in [1.54, 1.807) is 0 Å². The molecule has 5 nitrogen and oxygen atoms in total. The van der Waals surface area contributed by atoms with Crippen molar-refractivity contribution in [2.75, 3.05) is 20.3 Å². The molecule has 40 heavy (non-hydrogen) atoms. The van der Waals surface area contributed by atoms with Crippen molar-refractivity contribution in [3.05, 3.63) is 112 Å². The van der Waals surface area contributed by atoms with Crippen molar-refractivity contribution in [2.24, 2.45) is 0 Å². The maximum absolute atomic E-state index is 12.6. The lowest BCUT2D eigenvalue weighted by atomic mass is 9.79.